The molecule has 2 aliphatic rings. The number of nitriles is 1. The summed E-state index contributed by atoms with van der Waals surface area (Å²) in [6, 6.07) is 8.53. The number of hydrogen-bond acceptors (Lipinski definition) is 4. The number of likely N-dealkylation sites (N-methyl/N-ethyl adjacent to an activating group) is 1. The zero-order valence-electron chi connectivity index (χ0n) is 13.0. The van der Waals surface area contributed by atoms with Crippen LogP contribution in [0.4, 0.5) is 10.5 Å². The fourth-order valence-corrected chi connectivity index (χ4v) is 3.34. The Labute approximate surface area is 134 Å². The molecule has 0 bridgehead atoms. The summed E-state index contributed by atoms with van der Waals surface area (Å²) in [7, 11) is 3.28. The third kappa shape index (κ3) is 2.62. The highest BCUT2D eigenvalue weighted by Gasteiger charge is 2.52. The summed E-state index contributed by atoms with van der Waals surface area (Å²) in [5.74, 6) is -0.0149. The standard InChI is InChI=1S/C16H18N4O3/c1-19-13-9-20(8-12(13)14(23-2)15(19)21)16(22)18-11-5-3-10(7-17)4-6-11/h3-6,12-14H,8-9H2,1-2H3,(H,18,22)/t12-,13+,14-/m0/s1. The number of methoxy groups -OCH3 is 1. The number of urea groups is 1. The molecule has 1 aromatic carbocycles. The van der Waals surface area contributed by atoms with Crippen LogP contribution in [0.3, 0.4) is 0 Å². The van der Waals surface area contributed by atoms with Gasteiger partial charge in [0.05, 0.1) is 17.7 Å². The van der Waals surface area contributed by atoms with Crippen LogP contribution < -0.4 is 5.32 Å². The van der Waals surface area contributed by atoms with Crippen LogP contribution in [0.15, 0.2) is 24.3 Å². The van der Waals surface area contributed by atoms with Gasteiger partial charge in [0.25, 0.3) is 5.91 Å². The SMILES string of the molecule is CO[C@@H]1C(=O)N(C)[C@@H]2CN(C(=O)Nc3ccc(C#N)cc3)C[C@H]12. The number of carbonyl (C=O) groups excluding carboxylic acids is 2. The molecule has 2 aliphatic heterocycles. The van der Waals surface area contributed by atoms with Crippen molar-refractivity contribution in [3.8, 4) is 6.07 Å². The maximum absolute atomic E-state index is 12.4. The summed E-state index contributed by atoms with van der Waals surface area (Å²) in [5, 5.41) is 11.6. The minimum atomic E-state index is -0.474. The Hall–Kier alpha value is -2.59. The number of carbonyl (C=O) groups is 2. The first-order chi connectivity index (χ1) is 11.0. The van der Waals surface area contributed by atoms with Crippen LogP contribution >= 0.6 is 0 Å². The lowest BCUT2D eigenvalue weighted by molar-refractivity contribution is -0.136. The van der Waals surface area contributed by atoms with Gasteiger partial charge in [-0.2, -0.15) is 5.26 Å². The molecule has 0 saturated carbocycles. The van der Waals surface area contributed by atoms with E-state index in [1.54, 1.807) is 41.1 Å². The monoisotopic (exact) mass is 314 g/mol. The molecule has 1 aromatic rings. The summed E-state index contributed by atoms with van der Waals surface area (Å²) in [6.07, 6.45) is -0.474. The van der Waals surface area contributed by atoms with Crippen molar-refractivity contribution in [2.75, 3.05) is 32.6 Å². The maximum Gasteiger partial charge on any atom is 0.321 e. The average Bonchev–Trinajstić information content (AvgIpc) is 3.08. The summed E-state index contributed by atoms with van der Waals surface area (Å²) in [4.78, 5) is 27.8. The molecule has 2 heterocycles. The number of nitrogens with zero attached hydrogens (tertiary/aromatic N) is 3. The number of hydrogen-bond donors (Lipinski definition) is 1. The second kappa shape index (κ2) is 5.89. The van der Waals surface area contributed by atoms with E-state index in [-0.39, 0.29) is 23.9 Å². The number of fused-ring (bicyclic) bond motifs is 1. The molecule has 0 aromatic heterocycles. The highest BCUT2D eigenvalue weighted by molar-refractivity contribution is 5.90. The molecule has 7 nitrogen and oxygen atoms in total. The number of ether oxygens (including phenoxy) is 1. The molecule has 0 unspecified atom stereocenters. The van der Waals surface area contributed by atoms with Crippen molar-refractivity contribution in [3.63, 3.8) is 0 Å². The second-order valence-electron chi connectivity index (χ2n) is 5.86. The first kappa shape index (κ1) is 15.3. The van der Waals surface area contributed by atoms with Gasteiger partial charge in [0, 0.05) is 38.9 Å². The van der Waals surface area contributed by atoms with E-state index in [1.807, 2.05) is 6.07 Å². The van der Waals surface area contributed by atoms with Crippen LogP contribution in [0.5, 0.6) is 0 Å². The lowest BCUT2D eigenvalue weighted by atomic mass is 10.0. The van der Waals surface area contributed by atoms with Crippen molar-refractivity contribution >= 4 is 17.6 Å². The van der Waals surface area contributed by atoms with Crippen LogP contribution in [0.25, 0.3) is 0 Å². The second-order valence-corrected chi connectivity index (χ2v) is 5.86. The number of likely N-dealkylation sites (tertiary alicyclic amines) is 2. The Kier molecular flexibility index (Phi) is 3.92. The minimum absolute atomic E-state index is 0.000773. The summed E-state index contributed by atoms with van der Waals surface area (Å²) in [5.41, 5.74) is 1.18. The smallest absolute Gasteiger partial charge is 0.321 e. The van der Waals surface area contributed by atoms with E-state index in [0.717, 1.165) is 0 Å². The zero-order valence-corrected chi connectivity index (χ0v) is 13.0. The fourth-order valence-electron chi connectivity index (χ4n) is 3.34. The Balaban J connectivity index is 1.66. The van der Waals surface area contributed by atoms with Gasteiger partial charge in [0.15, 0.2) is 0 Å². The average molecular weight is 314 g/mol. The summed E-state index contributed by atoms with van der Waals surface area (Å²) >= 11 is 0. The minimum Gasteiger partial charge on any atom is -0.371 e. The third-order valence-electron chi connectivity index (χ3n) is 4.62. The first-order valence-electron chi connectivity index (χ1n) is 7.40. The number of amides is 3. The molecule has 2 saturated heterocycles. The van der Waals surface area contributed by atoms with Crippen LogP contribution in [0.2, 0.25) is 0 Å². The van der Waals surface area contributed by atoms with Gasteiger partial charge in [-0.25, -0.2) is 4.79 Å². The van der Waals surface area contributed by atoms with Gasteiger partial charge >= 0.3 is 6.03 Å². The van der Waals surface area contributed by atoms with Gasteiger partial charge in [-0.05, 0) is 24.3 Å². The Bertz CT molecular complexity index is 667. The molecule has 7 heteroatoms. The molecule has 0 spiro atoms. The van der Waals surface area contributed by atoms with Crippen molar-refractivity contribution in [2.45, 2.75) is 12.1 Å². The Morgan fingerprint density at radius 2 is 2.04 bits per heavy atom. The van der Waals surface area contributed by atoms with Gasteiger partial charge < -0.3 is 19.9 Å². The fraction of sp³-hybridized carbons (Fsp3) is 0.438. The van der Waals surface area contributed by atoms with Gasteiger partial charge in [0.2, 0.25) is 0 Å². The third-order valence-corrected chi connectivity index (χ3v) is 4.62. The highest BCUT2D eigenvalue weighted by atomic mass is 16.5. The van der Waals surface area contributed by atoms with E-state index >= 15 is 0 Å². The number of anilines is 1. The molecular weight excluding hydrogens is 296 g/mol. The Morgan fingerprint density at radius 1 is 1.35 bits per heavy atom. The lowest BCUT2D eigenvalue weighted by Crippen LogP contribution is -2.40. The molecule has 3 rings (SSSR count). The summed E-state index contributed by atoms with van der Waals surface area (Å²) in [6.45, 7) is 0.982. The van der Waals surface area contributed by atoms with Crippen LogP contribution in [0, 0.1) is 17.2 Å². The van der Waals surface area contributed by atoms with Crippen LogP contribution in [-0.4, -0.2) is 61.1 Å². The number of nitrogens with one attached hydrogen (secondary N) is 1. The first-order valence-corrected chi connectivity index (χ1v) is 7.40. The van der Waals surface area contributed by atoms with E-state index in [9.17, 15) is 9.59 Å². The normalized spacial score (nSPS) is 26.1. The zero-order chi connectivity index (χ0) is 16.6. The molecule has 23 heavy (non-hydrogen) atoms. The molecule has 1 N–H and O–H groups in total. The molecule has 2 fully saturated rings. The highest BCUT2D eigenvalue weighted by Crippen LogP contribution is 2.33. The van der Waals surface area contributed by atoms with Crippen molar-refractivity contribution in [1.29, 1.82) is 5.26 Å². The van der Waals surface area contributed by atoms with Crippen molar-refractivity contribution in [3.05, 3.63) is 29.8 Å². The quantitative estimate of drug-likeness (QED) is 0.878. The van der Waals surface area contributed by atoms with E-state index in [1.165, 1.54) is 7.11 Å². The van der Waals surface area contributed by atoms with Gasteiger partial charge in [-0.15, -0.1) is 0 Å². The Morgan fingerprint density at radius 3 is 2.65 bits per heavy atom. The van der Waals surface area contributed by atoms with Gasteiger partial charge in [-0.1, -0.05) is 0 Å². The van der Waals surface area contributed by atoms with Crippen molar-refractivity contribution in [2.24, 2.45) is 5.92 Å². The van der Waals surface area contributed by atoms with Gasteiger partial charge in [-0.3, -0.25) is 4.79 Å². The molecule has 3 atom stereocenters. The predicted octanol–water partition coefficient (Wildman–Crippen LogP) is 0.878. The molecule has 120 valence electrons. The molecule has 0 aliphatic carbocycles. The molecular formula is C16H18N4O3. The number of benzene rings is 1. The van der Waals surface area contributed by atoms with E-state index < -0.39 is 6.10 Å². The largest absolute Gasteiger partial charge is 0.371 e. The topological polar surface area (TPSA) is 85.7 Å². The molecule has 3 amide bonds. The lowest BCUT2D eigenvalue weighted by Gasteiger charge is -2.22. The van der Waals surface area contributed by atoms with E-state index in [4.69, 9.17) is 10.00 Å². The van der Waals surface area contributed by atoms with E-state index in [0.29, 0.717) is 24.3 Å². The van der Waals surface area contributed by atoms with E-state index in [2.05, 4.69) is 5.32 Å². The summed E-state index contributed by atoms with van der Waals surface area (Å²) < 4.78 is 5.30. The van der Waals surface area contributed by atoms with Gasteiger partial charge in [0.1, 0.15) is 6.10 Å². The number of rotatable bonds is 2. The predicted molar refractivity (Wildman–Crippen MR) is 82.6 cm³/mol. The van der Waals surface area contributed by atoms with Crippen molar-refractivity contribution in [1.82, 2.24) is 9.80 Å². The van der Waals surface area contributed by atoms with Crippen LogP contribution in [0.1, 0.15) is 5.56 Å². The van der Waals surface area contributed by atoms with Crippen molar-refractivity contribution < 1.29 is 14.3 Å². The maximum atomic E-state index is 12.4. The van der Waals surface area contributed by atoms with Crippen LogP contribution in [-0.2, 0) is 9.53 Å². The molecule has 0 radical (unpaired) electrons.